The van der Waals surface area contributed by atoms with Crippen LogP contribution in [0.5, 0.6) is 0 Å². The van der Waals surface area contributed by atoms with E-state index < -0.39 is 12.0 Å². The molecule has 1 aromatic heterocycles. The number of hydrogen-bond acceptors (Lipinski definition) is 3. The second-order valence-electron chi connectivity index (χ2n) is 4.29. The fourth-order valence-electron chi connectivity index (χ4n) is 1.74. The number of carboxylic acid groups (broad SMARTS) is 1. The lowest BCUT2D eigenvalue weighted by Gasteiger charge is -2.19. The quantitative estimate of drug-likeness (QED) is 0.802. The first-order chi connectivity index (χ1) is 7.57. The average Bonchev–Trinajstić information content (AvgIpc) is 2.62. The minimum Gasteiger partial charge on any atom is -0.480 e. The molecule has 1 atom stereocenters. The maximum Gasteiger partial charge on any atom is 0.327 e. The number of aryl methyl sites for hydroxylation is 1. The van der Waals surface area contributed by atoms with Gasteiger partial charge in [-0.1, -0.05) is 27.2 Å². The van der Waals surface area contributed by atoms with Gasteiger partial charge >= 0.3 is 5.97 Å². The van der Waals surface area contributed by atoms with Crippen LogP contribution in [0, 0.1) is 5.92 Å². The van der Waals surface area contributed by atoms with E-state index in [1.54, 1.807) is 4.57 Å². The summed E-state index contributed by atoms with van der Waals surface area (Å²) in [6.07, 6.45) is 4.37. The van der Waals surface area contributed by atoms with Gasteiger partial charge in [-0.2, -0.15) is 0 Å². The van der Waals surface area contributed by atoms with Crippen molar-refractivity contribution < 1.29 is 9.90 Å². The average molecular weight is 225 g/mol. The molecule has 1 heterocycles. The molecule has 5 nitrogen and oxygen atoms in total. The Kier molecular flexibility index (Phi) is 4.46. The van der Waals surface area contributed by atoms with Crippen LogP contribution < -0.4 is 0 Å². The van der Waals surface area contributed by atoms with Gasteiger partial charge in [-0.05, 0) is 12.3 Å². The van der Waals surface area contributed by atoms with Gasteiger partial charge in [0.05, 0.1) is 0 Å². The summed E-state index contributed by atoms with van der Waals surface area (Å²) in [4.78, 5) is 11.2. The Balaban J connectivity index is 2.91. The Morgan fingerprint density at radius 3 is 2.75 bits per heavy atom. The van der Waals surface area contributed by atoms with Crippen molar-refractivity contribution in [2.24, 2.45) is 5.92 Å². The highest BCUT2D eigenvalue weighted by atomic mass is 16.4. The second kappa shape index (κ2) is 5.63. The van der Waals surface area contributed by atoms with Gasteiger partial charge in [-0.15, -0.1) is 10.2 Å². The summed E-state index contributed by atoms with van der Waals surface area (Å²) in [5, 5.41) is 17.0. The first-order valence-corrected chi connectivity index (χ1v) is 5.69. The van der Waals surface area contributed by atoms with Crippen molar-refractivity contribution in [2.45, 2.75) is 46.1 Å². The Morgan fingerprint density at radius 2 is 2.25 bits per heavy atom. The monoisotopic (exact) mass is 225 g/mol. The summed E-state index contributed by atoms with van der Waals surface area (Å²) in [5.41, 5.74) is 0. The Labute approximate surface area is 95.5 Å². The molecule has 0 aromatic carbocycles. The molecule has 16 heavy (non-hydrogen) atoms. The van der Waals surface area contributed by atoms with Gasteiger partial charge in [0.1, 0.15) is 18.2 Å². The van der Waals surface area contributed by atoms with Crippen LogP contribution >= 0.6 is 0 Å². The Bertz CT molecular complexity index is 347. The highest BCUT2D eigenvalue weighted by Gasteiger charge is 2.25. The first-order valence-electron chi connectivity index (χ1n) is 5.69. The van der Waals surface area contributed by atoms with Crippen LogP contribution in [0.4, 0.5) is 0 Å². The molecule has 0 bridgehead atoms. The highest BCUT2D eigenvalue weighted by Crippen LogP contribution is 2.19. The lowest BCUT2D eigenvalue weighted by atomic mass is 10.0. The number of aliphatic carboxylic acids is 1. The van der Waals surface area contributed by atoms with Crippen LogP contribution in [0.3, 0.4) is 0 Å². The molecule has 0 radical (unpaired) electrons. The predicted octanol–water partition coefficient (Wildman–Crippen LogP) is 1.90. The molecule has 0 saturated heterocycles. The SMILES string of the molecule is CCCCc1nncn1C(C(=O)O)C(C)C. The van der Waals surface area contributed by atoms with E-state index in [-0.39, 0.29) is 5.92 Å². The number of aromatic nitrogens is 3. The molecular weight excluding hydrogens is 206 g/mol. The largest absolute Gasteiger partial charge is 0.480 e. The summed E-state index contributed by atoms with van der Waals surface area (Å²) in [5.74, 6) is -0.0376. The summed E-state index contributed by atoms with van der Waals surface area (Å²) in [7, 11) is 0. The van der Waals surface area contributed by atoms with Gasteiger partial charge in [0, 0.05) is 6.42 Å². The summed E-state index contributed by atoms with van der Waals surface area (Å²) in [6.45, 7) is 5.88. The van der Waals surface area contributed by atoms with Crippen LogP contribution in [0.1, 0.15) is 45.5 Å². The van der Waals surface area contributed by atoms with Crippen molar-refractivity contribution in [2.75, 3.05) is 0 Å². The standard InChI is InChI=1S/C11H19N3O2/c1-4-5-6-9-13-12-7-14(9)10(8(2)3)11(15)16/h7-8,10H,4-6H2,1-3H3,(H,15,16). The third-order valence-electron chi connectivity index (χ3n) is 2.59. The zero-order chi connectivity index (χ0) is 12.1. The van der Waals surface area contributed by atoms with Crippen LogP contribution in [0.25, 0.3) is 0 Å². The molecule has 1 rings (SSSR count). The van der Waals surface area contributed by atoms with Crippen LogP contribution in [-0.2, 0) is 11.2 Å². The lowest BCUT2D eigenvalue weighted by molar-refractivity contribution is -0.142. The van der Waals surface area contributed by atoms with Gasteiger partial charge < -0.3 is 9.67 Å². The first kappa shape index (κ1) is 12.7. The van der Waals surface area contributed by atoms with E-state index >= 15 is 0 Å². The topological polar surface area (TPSA) is 68.0 Å². The number of carbonyl (C=O) groups is 1. The molecule has 0 saturated carbocycles. The molecule has 0 aliphatic rings. The summed E-state index contributed by atoms with van der Waals surface area (Å²) >= 11 is 0. The molecule has 0 aliphatic carbocycles. The van der Waals surface area contributed by atoms with E-state index in [2.05, 4.69) is 17.1 Å². The van der Waals surface area contributed by atoms with Crippen LogP contribution in [0.15, 0.2) is 6.33 Å². The number of unbranched alkanes of at least 4 members (excludes halogenated alkanes) is 1. The third kappa shape index (κ3) is 2.81. The van der Waals surface area contributed by atoms with E-state index in [4.69, 9.17) is 0 Å². The van der Waals surface area contributed by atoms with Crippen molar-refractivity contribution in [3.8, 4) is 0 Å². The zero-order valence-corrected chi connectivity index (χ0v) is 10.1. The van der Waals surface area contributed by atoms with Gasteiger partial charge in [0.25, 0.3) is 0 Å². The molecule has 1 unspecified atom stereocenters. The highest BCUT2D eigenvalue weighted by molar-refractivity contribution is 5.72. The Morgan fingerprint density at radius 1 is 1.56 bits per heavy atom. The van der Waals surface area contributed by atoms with Crippen molar-refractivity contribution in [3.05, 3.63) is 12.2 Å². The van der Waals surface area contributed by atoms with Crippen molar-refractivity contribution in [1.82, 2.24) is 14.8 Å². The number of nitrogens with zero attached hydrogens (tertiary/aromatic N) is 3. The molecule has 0 fully saturated rings. The van der Waals surface area contributed by atoms with Crippen LogP contribution in [0.2, 0.25) is 0 Å². The fourth-order valence-corrected chi connectivity index (χ4v) is 1.74. The van der Waals surface area contributed by atoms with Crippen molar-refractivity contribution >= 4 is 5.97 Å². The number of carboxylic acids is 1. The second-order valence-corrected chi connectivity index (χ2v) is 4.29. The minimum absolute atomic E-state index is 0.0221. The molecule has 0 aliphatic heterocycles. The smallest absolute Gasteiger partial charge is 0.327 e. The minimum atomic E-state index is -0.826. The van der Waals surface area contributed by atoms with Crippen molar-refractivity contribution in [3.63, 3.8) is 0 Å². The molecule has 0 spiro atoms. The lowest BCUT2D eigenvalue weighted by Crippen LogP contribution is -2.25. The molecule has 90 valence electrons. The fraction of sp³-hybridized carbons (Fsp3) is 0.727. The molecule has 5 heteroatoms. The molecule has 1 N–H and O–H groups in total. The summed E-state index contributed by atoms with van der Waals surface area (Å²) in [6, 6.07) is -0.568. The van der Waals surface area contributed by atoms with E-state index in [0.717, 1.165) is 25.1 Å². The van der Waals surface area contributed by atoms with E-state index in [1.807, 2.05) is 13.8 Å². The molecule has 0 amide bonds. The van der Waals surface area contributed by atoms with E-state index in [1.165, 1.54) is 6.33 Å². The van der Waals surface area contributed by atoms with Crippen molar-refractivity contribution in [1.29, 1.82) is 0 Å². The maximum absolute atomic E-state index is 11.2. The number of hydrogen-bond donors (Lipinski definition) is 1. The van der Waals surface area contributed by atoms with Gasteiger partial charge in [0.15, 0.2) is 0 Å². The number of rotatable bonds is 6. The molecular formula is C11H19N3O2. The van der Waals surface area contributed by atoms with E-state index in [9.17, 15) is 9.90 Å². The van der Waals surface area contributed by atoms with Gasteiger partial charge in [0.2, 0.25) is 0 Å². The predicted molar refractivity (Wildman–Crippen MR) is 60.1 cm³/mol. The van der Waals surface area contributed by atoms with Crippen LogP contribution in [-0.4, -0.2) is 25.8 Å². The maximum atomic E-state index is 11.2. The van der Waals surface area contributed by atoms with Gasteiger partial charge in [-0.3, -0.25) is 0 Å². The Hall–Kier alpha value is -1.39. The third-order valence-corrected chi connectivity index (χ3v) is 2.59. The molecule has 1 aromatic rings. The normalized spacial score (nSPS) is 13.0. The van der Waals surface area contributed by atoms with Gasteiger partial charge in [-0.25, -0.2) is 4.79 Å². The zero-order valence-electron chi connectivity index (χ0n) is 10.1. The van der Waals surface area contributed by atoms with E-state index in [0.29, 0.717) is 0 Å². The summed E-state index contributed by atoms with van der Waals surface area (Å²) < 4.78 is 1.68.